The molecule has 2 N–H and O–H groups in total. The molecule has 0 aliphatic heterocycles. The summed E-state index contributed by atoms with van der Waals surface area (Å²) in [7, 11) is 0. The standard InChI is InChI=1S/C22H24ClN3O2/c1-15(25-26-22(28)16-6-3-2-4-7-16)18-8-5-9-20(14-18)24-21(27)17-10-12-19(23)13-11-17/h5,8-14,16H,2-4,6-7H2,1H3,(H,24,27)(H,26,28)/b25-15-. The molecule has 28 heavy (non-hydrogen) atoms. The number of carbonyl (C=O) groups is 2. The molecule has 0 atom stereocenters. The highest BCUT2D eigenvalue weighted by atomic mass is 35.5. The number of hydrogen-bond acceptors (Lipinski definition) is 3. The highest BCUT2D eigenvalue weighted by Gasteiger charge is 2.20. The number of hydrogen-bond donors (Lipinski definition) is 2. The van der Waals surface area contributed by atoms with Crippen LogP contribution in [0.25, 0.3) is 0 Å². The Morgan fingerprint density at radius 2 is 1.71 bits per heavy atom. The lowest BCUT2D eigenvalue weighted by molar-refractivity contribution is -0.125. The molecule has 146 valence electrons. The summed E-state index contributed by atoms with van der Waals surface area (Å²) in [4.78, 5) is 24.6. The summed E-state index contributed by atoms with van der Waals surface area (Å²) in [5.74, 6) is -0.157. The number of benzene rings is 2. The second kappa shape index (κ2) is 9.51. The Hall–Kier alpha value is -2.66. The fourth-order valence-electron chi connectivity index (χ4n) is 3.29. The largest absolute Gasteiger partial charge is 0.322 e. The molecule has 2 amide bonds. The van der Waals surface area contributed by atoms with Gasteiger partial charge in [0.05, 0.1) is 5.71 Å². The number of nitrogens with one attached hydrogen (secondary N) is 2. The molecule has 2 aromatic carbocycles. The average molecular weight is 398 g/mol. The molecule has 0 spiro atoms. The Morgan fingerprint density at radius 3 is 2.43 bits per heavy atom. The van der Waals surface area contributed by atoms with Crippen molar-refractivity contribution in [2.75, 3.05) is 5.32 Å². The molecule has 1 aliphatic carbocycles. The Kier molecular flexibility index (Phi) is 6.82. The zero-order chi connectivity index (χ0) is 19.9. The lowest BCUT2D eigenvalue weighted by atomic mass is 9.89. The summed E-state index contributed by atoms with van der Waals surface area (Å²) in [6.07, 6.45) is 5.30. The molecule has 3 rings (SSSR count). The minimum atomic E-state index is -0.214. The van der Waals surface area contributed by atoms with E-state index in [1.165, 1.54) is 6.42 Å². The maximum atomic E-state index is 12.4. The second-order valence-corrected chi connectivity index (χ2v) is 7.49. The summed E-state index contributed by atoms with van der Waals surface area (Å²) in [6, 6.07) is 14.1. The maximum absolute atomic E-state index is 12.4. The van der Waals surface area contributed by atoms with Gasteiger partial charge in [-0.25, -0.2) is 5.43 Å². The summed E-state index contributed by atoms with van der Waals surface area (Å²) in [5.41, 5.74) is 5.40. The molecule has 1 aliphatic rings. The highest BCUT2D eigenvalue weighted by Crippen LogP contribution is 2.23. The van der Waals surface area contributed by atoms with Gasteiger partial charge in [0.2, 0.25) is 5.91 Å². The van der Waals surface area contributed by atoms with Gasteiger partial charge >= 0.3 is 0 Å². The quantitative estimate of drug-likeness (QED) is 0.549. The van der Waals surface area contributed by atoms with Gasteiger partial charge < -0.3 is 5.32 Å². The van der Waals surface area contributed by atoms with E-state index in [0.29, 0.717) is 22.0 Å². The summed E-state index contributed by atoms with van der Waals surface area (Å²) in [6.45, 7) is 1.83. The number of carbonyl (C=O) groups excluding carboxylic acids is 2. The van der Waals surface area contributed by atoms with Crippen LogP contribution in [-0.2, 0) is 4.79 Å². The third kappa shape index (κ3) is 5.42. The van der Waals surface area contributed by atoms with Crippen molar-refractivity contribution in [1.29, 1.82) is 0 Å². The van der Waals surface area contributed by atoms with Crippen LogP contribution in [0.1, 0.15) is 54.9 Å². The van der Waals surface area contributed by atoms with Gasteiger partial charge in [-0.1, -0.05) is 43.0 Å². The normalized spacial score (nSPS) is 15.1. The molecule has 1 fully saturated rings. The van der Waals surface area contributed by atoms with Crippen molar-refractivity contribution >= 4 is 34.8 Å². The zero-order valence-corrected chi connectivity index (χ0v) is 16.6. The zero-order valence-electron chi connectivity index (χ0n) is 15.9. The molecule has 0 bridgehead atoms. The molecule has 6 heteroatoms. The molecular formula is C22H24ClN3O2. The van der Waals surface area contributed by atoms with Crippen LogP contribution in [0.2, 0.25) is 5.02 Å². The van der Waals surface area contributed by atoms with Crippen molar-refractivity contribution in [1.82, 2.24) is 5.43 Å². The summed E-state index contributed by atoms with van der Waals surface area (Å²) >= 11 is 5.86. The number of rotatable bonds is 5. The van der Waals surface area contributed by atoms with Crippen LogP contribution in [0.15, 0.2) is 53.6 Å². The molecule has 2 aromatic rings. The first-order chi connectivity index (χ1) is 13.5. The van der Waals surface area contributed by atoms with Gasteiger partial charge in [-0.15, -0.1) is 0 Å². The van der Waals surface area contributed by atoms with E-state index in [2.05, 4.69) is 15.8 Å². The van der Waals surface area contributed by atoms with Crippen molar-refractivity contribution in [2.45, 2.75) is 39.0 Å². The Labute approximate surface area is 170 Å². The van der Waals surface area contributed by atoms with E-state index in [1.54, 1.807) is 24.3 Å². The first-order valence-electron chi connectivity index (χ1n) is 9.54. The summed E-state index contributed by atoms with van der Waals surface area (Å²) in [5, 5.41) is 7.70. The lowest BCUT2D eigenvalue weighted by Crippen LogP contribution is -2.29. The van der Waals surface area contributed by atoms with Gasteiger partial charge in [-0.3, -0.25) is 9.59 Å². The van der Waals surface area contributed by atoms with Crippen LogP contribution < -0.4 is 10.7 Å². The third-order valence-electron chi connectivity index (χ3n) is 4.95. The lowest BCUT2D eigenvalue weighted by Gasteiger charge is -2.19. The van der Waals surface area contributed by atoms with Crippen LogP contribution >= 0.6 is 11.6 Å². The van der Waals surface area contributed by atoms with Gasteiger partial charge in [-0.2, -0.15) is 5.10 Å². The van der Waals surface area contributed by atoms with Gasteiger partial charge in [0.15, 0.2) is 0 Å². The van der Waals surface area contributed by atoms with Crippen LogP contribution in [0, 0.1) is 5.92 Å². The van der Waals surface area contributed by atoms with Gasteiger partial charge in [0.25, 0.3) is 5.91 Å². The molecule has 0 radical (unpaired) electrons. The number of nitrogens with zero attached hydrogens (tertiary/aromatic N) is 1. The van der Waals surface area contributed by atoms with E-state index in [4.69, 9.17) is 11.6 Å². The molecule has 0 heterocycles. The van der Waals surface area contributed by atoms with E-state index in [9.17, 15) is 9.59 Å². The molecule has 0 aromatic heterocycles. The first kappa shape index (κ1) is 20.1. The van der Waals surface area contributed by atoms with E-state index in [0.717, 1.165) is 31.2 Å². The fourth-order valence-corrected chi connectivity index (χ4v) is 3.41. The van der Waals surface area contributed by atoms with Gasteiger partial charge in [0.1, 0.15) is 0 Å². The molecule has 0 saturated heterocycles. The minimum Gasteiger partial charge on any atom is -0.322 e. The van der Waals surface area contributed by atoms with Crippen molar-refractivity contribution < 1.29 is 9.59 Å². The number of anilines is 1. The van der Waals surface area contributed by atoms with Crippen molar-refractivity contribution in [3.05, 3.63) is 64.7 Å². The van der Waals surface area contributed by atoms with Crippen molar-refractivity contribution in [2.24, 2.45) is 11.0 Å². The first-order valence-corrected chi connectivity index (χ1v) is 9.92. The fraction of sp³-hybridized carbons (Fsp3) is 0.318. The molecule has 1 saturated carbocycles. The van der Waals surface area contributed by atoms with Crippen molar-refractivity contribution in [3.8, 4) is 0 Å². The number of halogens is 1. The Morgan fingerprint density at radius 1 is 1.00 bits per heavy atom. The SMILES string of the molecule is C/C(=N/NC(=O)C1CCCCC1)c1cccc(NC(=O)c2ccc(Cl)cc2)c1. The van der Waals surface area contributed by atoms with Gasteiger partial charge in [0, 0.05) is 22.2 Å². The minimum absolute atomic E-state index is 0.00811. The Bertz CT molecular complexity index is 872. The van der Waals surface area contributed by atoms with Crippen LogP contribution in [0.3, 0.4) is 0 Å². The van der Waals surface area contributed by atoms with Gasteiger partial charge in [-0.05, 0) is 61.7 Å². The average Bonchev–Trinajstić information content (AvgIpc) is 2.73. The number of amides is 2. The molecular weight excluding hydrogens is 374 g/mol. The van der Waals surface area contributed by atoms with Crippen LogP contribution in [0.4, 0.5) is 5.69 Å². The smallest absolute Gasteiger partial charge is 0.255 e. The predicted molar refractivity (Wildman–Crippen MR) is 113 cm³/mol. The highest BCUT2D eigenvalue weighted by molar-refractivity contribution is 6.30. The maximum Gasteiger partial charge on any atom is 0.255 e. The predicted octanol–water partition coefficient (Wildman–Crippen LogP) is 5.01. The molecule has 0 unspecified atom stereocenters. The summed E-state index contributed by atoms with van der Waals surface area (Å²) < 4.78 is 0. The van der Waals surface area contributed by atoms with E-state index in [1.807, 2.05) is 31.2 Å². The van der Waals surface area contributed by atoms with Crippen LogP contribution in [0.5, 0.6) is 0 Å². The van der Waals surface area contributed by atoms with Crippen LogP contribution in [-0.4, -0.2) is 17.5 Å². The topological polar surface area (TPSA) is 70.6 Å². The van der Waals surface area contributed by atoms with E-state index in [-0.39, 0.29) is 17.7 Å². The third-order valence-corrected chi connectivity index (χ3v) is 5.21. The number of hydrazone groups is 1. The van der Waals surface area contributed by atoms with E-state index < -0.39 is 0 Å². The monoisotopic (exact) mass is 397 g/mol. The molecule has 5 nitrogen and oxygen atoms in total. The van der Waals surface area contributed by atoms with Crippen molar-refractivity contribution in [3.63, 3.8) is 0 Å². The Balaban J connectivity index is 1.63. The second-order valence-electron chi connectivity index (χ2n) is 7.05. The van der Waals surface area contributed by atoms with E-state index >= 15 is 0 Å².